The lowest BCUT2D eigenvalue weighted by molar-refractivity contribution is 0.0690. The lowest BCUT2D eigenvalue weighted by Gasteiger charge is -2.27. The summed E-state index contributed by atoms with van der Waals surface area (Å²) in [5.74, 6) is 0.0955. The molecule has 0 spiro atoms. The molecule has 128 valence electrons. The average Bonchev–Trinajstić information content (AvgIpc) is 3.30. The predicted octanol–water partition coefficient (Wildman–Crippen LogP) is 1.96. The van der Waals surface area contributed by atoms with Crippen molar-refractivity contribution in [1.82, 2.24) is 9.21 Å². The summed E-state index contributed by atoms with van der Waals surface area (Å²) in [6.45, 7) is 3.94. The molecule has 1 aliphatic carbocycles. The van der Waals surface area contributed by atoms with Gasteiger partial charge in [-0.15, -0.1) is 0 Å². The Kier molecular flexibility index (Phi) is 5.01. The molecule has 0 heterocycles. The summed E-state index contributed by atoms with van der Waals surface area (Å²) in [7, 11) is 0.629. The Morgan fingerprint density at radius 2 is 1.87 bits per heavy atom. The molecule has 7 heteroatoms. The van der Waals surface area contributed by atoms with Crippen LogP contribution in [0.25, 0.3) is 0 Å². The van der Waals surface area contributed by atoms with Crippen LogP contribution in [0.5, 0.6) is 5.75 Å². The van der Waals surface area contributed by atoms with Crippen LogP contribution in [0.3, 0.4) is 0 Å². The van der Waals surface area contributed by atoms with Crippen molar-refractivity contribution in [3.8, 4) is 5.75 Å². The number of rotatable bonds is 6. The second kappa shape index (κ2) is 6.49. The summed E-state index contributed by atoms with van der Waals surface area (Å²) in [6.07, 6.45) is 2.01. The van der Waals surface area contributed by atoms with Crippen LogP contribution in [0.2, 0.25) is 0 Å². The molecule has 0 aromatic heterocycles. The highest BCUT2D eigenvalue weighted by Gasteiger charge is 2.35. The van der Waals surface area contributed by atoms with Crippen molar-refractivity contribution in [3.63, 3.8) is 0 Å². The fourth-order valence-corrected chi connectivity index (χ4v) is 3.61. The lowest BCUT2D eigenvalue weighted by Crippen LogP contribution is -2.38. The van der Waals surface area contributed by atoms with E-state index in [1.54, 1.807) is 6.07 Å². The minimum atomic E-state index is -3.69. The van der Waals surface area contributed by atoms with Gasteiger partial charge in [0.05, 0.1) is 7.11 Å². The number of carbonyl (C=O) groups excluding carboxylic acids is 1. The standard InChI is InChI=1S/C16H24N2O4S/c1-11(2)18(13-7-8-13)16(19)12-6-9-14(22-5)15(10-12)23(20,21)17(3)4/h6,9-11,13H,7-8H2,1-5H3. The quantitative estimate of drug-likeness (QED) is 0.794. The zero-order valence-electron chi connectivity index (χ0n) is 14.2. The first kappa shape index (κ1) is 17.7. The van der Waals surface area contributed by atoms with Gasteiger partial charge in [-0.25, -0.2) is 12.7 Å². The number of methoxy groups -OCH3 is 1. The molecule has 0 aliphatic heterocycles. The first-order valence-electron chi connectivity index (χ1n) is 7.63. The Hall–Kier alpha value is -1.60. The molecule has 1 amide bonds. The summed E-state index contributed by atoms with van der Waals surface area (Å²) in [5.41, 5.74) is 0.367. The van der Waals surface area contributed by atoms with Gasteiger partial charge in [0.2, 0.25) is 10.0 Å². The Labute approximate surface area is 138 Å². The van der Waals surface area contributed by atoms with Gasteiger partial charge < -0.3 is 9.64 Å². The normalized spacial score (nSPS) is 15.1. The number of carbonyl (C=O) groups is 1. The summed E-state index contributed by atoms with van der Waals surface area (Å²) in [5, 5.41) is 0. The van der Waals surface area contributed by atoms with E-state index in [0.717, 1.165) is 17.1 Å². The first-order chi connectivity index (χ1) is 10.7. The monoisotopic (exact) mass is 340 g/mol. The highest BCUT2D eigenvalue weighted by atomic mass is 32.2. The molecule has 1 fully saturated rings. The molecule has 0 saturated heterocycles. The largest absolute Gasteiger partial charge is 0.495 e. The van der Waals surface area contributed by atoms with Crippen LogP contribution in [0.1, 0.15) is 37.0 Å². The highest BCUT2D eigenvalue weighted by Crippen LogP contribution is 2.32. The Morgan fingerprint density at radius 1 is 1.26 bits per heavy atom. The molecule has 0 unspecified atom stereocenters. The molecule has 0 bridgehead atoms. The molecule has 2 rings (SSSR count). The molecule has 1 aliphatic rings. The number of hydrogen-bond donors (Lipinski definition) is 0. The van der Waals surface area contributed by atoms with E-state index in [-0.39, 0.29) is 28.6 Å². The number of benzene rings is 1. The van der Waals surface area contributed by atoms with Gasteiger partial charge in [0.15, 0.2) is 0 Å². The molecule has 6 nitrogen and oxygen atoms in total. The predicted molar refractivity (Wildman–Crippen MR) is 88.2 cm³/mol. The van der Waals surface area contributed by atoms with Crippen molar-refractivity contribution in [2.24, 2.45) is 0 Å². The van der Waals surface area contributed by atoms with Crippen LogP contribution in [0, 0.1) is 0 Å². The van der Waals surface area contributed by atoms with Gasteiger partial charge in [0, 0.05) is 31.7 Å². The van der Waals surface area contributed by atoms with Crippen molar-refractivity contribution in [2.75, 3.05) is 21.2 Å². The lowest BCUT2D eigenvalue weighted by atomic mass is 10.1. The van der Waals surface area contributed by atoms with Crippen molar-refractivity contribution < 1.29 is 17.9 Å². The second-order valence-corrected chi connectivity index (χ2v) is 8.31. The van der Waals surface area contributed by atoms with Crippen LogP contribution in [0.15, 0.2) is 23.1 Å². The molecule has 0 N–H and O–H groups in total. The number of ether oxygens (including phenoxy) is 1. The maximum atomic E-state index is 12.8. The van der Waals surface area contributed by atoms with E-state index in [1.807, 2.05) is 18.7 Å². The molecule has 1 aromatic rings. The number of hydrogen-bond acceptors (Lipinski definition) is 4. The van der Waals surface area contributed by atoms with E-state index >= 15 is 0 Å². The summed E-state index contributed by atoms with van der Waals surface area (Å²) < 4.78 is 31.2. The van der Waals surface area contributed by atoms with E-state index in [4.69, 9.17) is 4.74 Å². The third kappa shape index (κ3) is 3.50. The fraction of sp³-hybridized carbons (Fsp3) is 0.562. The molecule has 1 aromatic carbocycles. The number of amides is 1. The van der Waals surface area contributed by atoms with Crippen LogP contribution in [-0.2, 0) is 10.0 Å². The number of sulfonamides is 1. The van der Waals surface area contributed by atoms with Gasteiger partial charge in [-0.2, -0.15) is 0 Å². The Morgan fingerprint density at radius 3 is 2.30 bits per heavy atom. The molecular formula is C16H24N2O4S. The van der Waals surface area contributed by atoms with E-state index in [2.05, 4.69) is 0 Å². The summed E-state index contributed by atoms with van der Waals surface area (Å²) >= 11 is 0. The van der Waals surface area contributed by atoms with E-state index in [9.17, 15) is 13.2 Å². The number of nitrogens with zero attached hydrogens (tertiary/aromatic N) is 2. The Bertz CT molecular complexity index is 692. The van der Waals surface area contributed by atoms with Gasteiger partial charge in [-0.1, -0.05) is 0 Å². The molecule has 0 radical (unpaired) electrons. The van der Waals surface area contributed by atoms with Crippen molar-refractivity contribution >= 4 is 15.9 Å². The van der Waals surface area contributed by atoms with Crippen molar-refractivity contribution in [1.29, 1.82) is 0 Å². The zero-order chi connectivity index (χ0) is 17.4. The van der Waals surface area contributed by atoms with Gasteiger partial charge in [0.1, 0.15) is 10.6 Å². The third-order valence-corrected chi connectivity index (χ3v) is 5.74. The zero-order valence-corrected chi connectivity index (χ0v) is 15.1. The Balaban J connectivity index is 2.47. The van der Waals surface area contributed by atoms with Crippen LogP contribution in [0.4, 0.5) is 0 Å². The smallest absolute Gasteiger partial charge is 0.254 e. The highest BCUT2D eigenvalue weighted by molar-refractivity contribution is 7.89. The van der Waals surface area contributed by atoms with Gasteiger partial charge in [0.25, 0.3) is 5.91 Å². The fourth-order valence-electron chi connectivity index (χ4n) is 2.53. The summed E-state index contributed by atoms with van der Waals surface area (Å²) in [6, 6.07) is 4.90. The van der Waals surface area contributed by atoms with Crippen molar-refractivity contribution in [3.05, 3.63) is 23.8 Å². The van der Waals surface area contributed by atoms with Gasteiger partial charge in [-0.3, -0.25) is 4.79 Å². The van der Waals surface area contributed by atoms with Crippen LogP contribution < -0.4 is 4.74 Å². The van der Waals surface area contributed by atoms with Crippen LogP contribution in [-0.4, -0.2) is 56.8 Å². The molecule has 23 heavy (non-hydrogen) atoms. The average molecular weight is 340 g/mol. The van der Waals surface area contributed by atoms with Gasteiger partial charge in [-0.05, 0) is 44.9 Å². The molecule has 1 saturated carbocycles. The van der Waals surface area contributed by atoms with E-state index in [1.165, 1.54) is 33.3 Å². The van der Waals surface area contributed by atoms with E-state index < -0.39 is 10.0 Å². The topological polar surface area (TPSA) is 66.9 Å². The molecule has 0 atom stereocenters. The van der Waals surface area contributed by atoms with Gasteiger partial charge >= 0.3 is 0 Å². The van der Waals surface area contributed by atoms with E-state index in [0.29, 0.717) is 5.56 Å². The third-order valence-electron chi connectivity index (χ3n) is 3.90. The maximum absolute atomic E-state index is 12.8. The maximum Gasteiger partial charge on any atom is 0.254 e. The van der Waals surface area contributed by atoms with Crippen molar-refractivity contribution in [2.45, 2.75) is 43.7 Å². The second-order valence-electron chi connectivity index (χ2n) is 6.19. The SMILES string of the molecule is COc1ccc(C(=O)N(C(C)C)C2CC2)cc1S(=O)(=O)N(C)C. The minimum absolute atomic E-state index is 0.00959. The first-order valence-corrected chi connectivity index (χ1v) is 9.07. The minimum Gasteiger partial charge on any atom is -0.495 e. The van der Waals surface area contributed by atoms with Crippen LogP contribution >= 0.6 is 0 Å². The molecular weight excluding hydrogens is 316 g/mol. The summed E-state index contributed by atoms with van der Waals surface area (Å²) in [4.78, 5) is 14.6.